The molecule has 0 aliphatic carbocycles. The van der Waals surface area contributed by atoms with E-state index in [0.717, 1.165) is 5.75 Å². The van der Waals surface area contributed by atoms with E-state index in [9.17, 15) is 4.79 Å². The lowest BCUT2D eigenvalue weighted by Crippen LogP contribution is -2.09. The maximum atomic E-state index is 11.0. The molecule has 0 saturated heterocycles. The van der Waals surface area contributed by atoms with E-state index in [-0.39, 0.29) is 5.97 Å². The zero-order valence-electron chi connectivity index (χ0n) is 9.36. The van der Waals surface area contributed by atoms with Crippen LogP contribution in [0.15, 0.2) is 36.4 Å². The van der Waals surface area contributed by atoms with Gasteiger partial charge in [0.05, 0.1) is 13.2 Å². The molecule has 1 rings (SSSR count). The van der Waals surface area contributed by atoms with E-state index >= 15 is 0 Å². The first-order valence-corrected chi connectivity index (χ1v) is 5.11. The lowest BCUT2D eigenvalue weighted by atomic mass is 10.3. The fourth-order valence-corrected chi connectivity index (χ4v) is 1.00. The number of rotatable bonds is 6. The van der Waals surface area contributed by atoms with Crippen molar-refractivity contribution in [2.45, 2.75) is 13.3 Å². The van der Waals surface area contributed by atoms with Crippen LogP contribution in [0.2, 0.25) is 0 Å². The Kier molecular flexibility index (Phi) is 5.12. The Hall–Kier alpha value is -1.77. The molecule has 0 unspecified atom stereocenters. The molecule has 0 fully saturated rings. The first kappa shape index (κ1) is 12.3. The highest BCUT2D eigenvalue weighted by Crippen LogP contribution is 2.07. The Morgan fingerprint density at radius 1 is 1.38 bits per heavy atom. The van der Waals surface area contributed by atoms with Gasteiger partial charge in [0, 0.05) is 12.0 Å². The summed E-state index contributed by atoms with van der Waals surface area (Å²) in [5.41, 5.74) is 0.416. The van der Waals surface area contributed by atoms with E-state index in [1.165, 1.54) is 0 Å². The zero-order valence-corrected chi connectivity index (χ0v) is 9.36. The van der Waals surface area contributed by atoms with Crippen LogP contribution in [0.5, 0.6) is 5.75 Å². The van der Waals surface area contributed by atoms with E-state index in [4.69, 9.17) is 9.47 Å². The van der Waals surface area contributed by atoms with Gasteiger partial charge < -0.3 is 9.47 Å². The van der Waals surface area contributed by atoms with Gasteiger partial charge in [-0.25, -0.2) is 4.79 Å². The number of esters is 1. The largest absolute Gasteiger partial charge is 0.493 e. The Balaban J connectivity index is 2.09. The maximum absolute atomic E-state index is 11.0. The van der Waals surface area contributed by atoms with E-state index in [1.807, 2.05) is 12.1 Å². The molecule has 0 aromatic heterocycles. The van der Waals surface area contributed by atoms with Crippen molar-refractivity contribution in [1.29, 1.82) is 0 Å². The Morgan fingerprint density at radius 2 is 2.06 bits per heavy atom. The van der Waals surface area contributed by atoms with Gasteiger partial charge in [-0.3, -0.25) is 0 Å². The van der Waals surface area contributed by atoms with Crippen molar-refractivity contribution >= 4 is 5.97 Å². The molecule has 0 spiro atoms. The standard InChI is InChI=1S/C13H15O3/c1-11(2)13(14)16-10-6-9-15-12-7-4-3-5-8-12/h4-5,7-8H,1,6,9-10H2,2H3. The van der Waals surface area contributed by atoms with Crippen LogP contribution >= 0.6 is 0 Å². The number of hydrogen-bond acceptors (Lipinski definition) is 3. The SMILES string of the molecule is C=C(C)C(=O)OCCCOc1cc[c]cc1. The topological polar surface area (TPSA) is 35.5 Å². The molecule has 0 heterocycles. The summed E-state index contributed by atoms with van der Waals surface area (Å²) in [7, 11) is 0. The van der Waals surface area contributed by atoms with Crippen molar-refractivity contribution in [2.24, 2.45) is 0 Å². The van der Waals surface area contributed by atoms with Gasteiger partial charge in [-0.05, 0) is 25.1 Å². The highest BCUT2D eigenvalue weighted by molar-refractivity contribution is 5.86. The summed E-state index contributed by atoms with van der Waals surface area (Å²) >= 11 is 0. The smallest absolute Gasteiger partial charge is 0.333 e. The summed E-state index contributed by atoms with van der Waals surface area (Å²) in [4.78, 5) is 11.0. The Labute approximate surface area is 95.7 Å². The van der Waals surface area contributed by atoms with Crippen molar-refractivity contribution in [3.8, 4) is 5.75 Å². The van der Waals surface area contributed by atoms with Crippen LogP contribution < -0.4 is 4.74 Å². The molecule has 0 amide bonds. The van der Waals surface area contributed by atoms with Crippen molar-refractivity contribution < 1.29 is 14.3 Å². The highest BCUT2D eigenvalue weighted by atomic mass is 16.5. The number of benzene rings is 1. The van der Waals surface area contributed by atoms with Gasteiger partial charge >= 0.3 is 5.97 Å². The summed E-state index contributed by atoms with van der Waals surface area (Å²) in [6.45, 7) is 5.99. The summed E-state index contributed by atoms with van der Waals surface area (Å²) in [6.07, 6.45) is 0.664. The van der Waals surface area contributed by atoms with Gasteiger partial charge in [0.15, 0.2) is 0 Å². The van der Waals surface area contributed by atoms with E-state index in [2.05, 4.69) is 12.6 Å². The van der Waals surface area contributed by atoms with Crippen LogP contribution in [0.25, 0.3) is 0 Å². The minimum Gasteiger partial charge on any atom is -0.493 e. The fraction of sp³-hybridized carbons (Fsp3) is 0.308. The predicted octanol–water partition coefficient (Wildman–Crippen LogP) is 2.37. The van der Waals surface area contributed by atoms with Crippen LogP contribution in [0.1, 0.15) is 13.3 Å². The third kappa shape index (κ3) is 4.64. The van der Waals surface area contributed by atoms with Crippen molar-refractivity contribution in [3.05, 3.63) is 42.5 Å². The molecule has 16 heavy (non-hydrogen) atoms. The second kappa shape index (κ2) is 6.67. The fourth-order valence-electron chi connectivity index (χ4n) is 1.00. The average molecular weight is 219 g/mol. The Bertz CT molecular complexity index is 343. The molecule has 1 radical (unpaired) electrons. The minimum absolute atomic E-state index is 0.352. The normalized spacial score (nSPS) is 9.56. The molecule has 0 aliphatic rings. The van der Waals surface area contributed by atoms with E-state index in [0.29, 0.717) is 25.2 Å². The number of hydrogen-bond donors (Lipinski definition) is 0. The Morgan fingerprint density at radius 3 is 2.69 bits per heavy atom. The molecule has 0 bridgehead atoms. The third-order valence-electron chi connectivity index (χ3n) is 1.83. The molecule has 0 aliphatic heterocycles. The summed E-state index contributed by atoms with van der Waals surface area (Å²) in [5, 5.41) is 0. The second-order valence-electron chi connectivity index (χ2n) is 3.35. The molecular formula is C13H15O3. The van der Waals surface area contributed by atoms with Gasteiger partial charge in [0.2, 0.25) is 0 Å². The van der Waals surface area contributed by atoms with Crippen molar-refractivity contribution in [1.82, 2.24) is 0 Å². The minimum atomic E-state index is -0.352. The van der Waals surface area contributed by atoms with Gasteiger partial charge in [-0.2, -0.15) is 0 Å². The zero-order chi connectivity index (χ0) is 11.8. The van der Waals surface area contributed by atoms with Gasteiger partial charge in [0.1, 0.15) is 5.75 Å². The van der Waals surface area contributed by atoms with Gasteiger partial charge in [0.25, 0.3) is 0 Å². The van der Waals surface area contributed by atoms with Gasteiger partial charge in [-0.15, -0.1) is 0 Å². The monoisotopic (exact) mass is 219 g/mol. The first-order chi connectivity index (χ1) is 7.70. The van der Waals surface area contributed by atoms with Gasteiger partial charge in [-0.1, -0.05) is 18.7 Å². The van der Waals surface area contributed by atoms with Crippen LogP contribution in [-0.2, 0) is 9.53 Å². The molecule has 0 N–H and O–H groups in total. The highest BCUT2D eigenvalue weighted by Gasteiger charge is 2.01. The number of carbonyl (C=O) groups excluding carboxylic acids is 1. The average Bonchev–Trinajstić information content (AvgIpc) is 2.29. The van der Waals surface area contributed by atoms with Crippen LogP contribution in [-0.4, -0.2) is 19.2 Å². The lowest BCUT2D eigenvalue weighted by Gasteiger charge is -2.06. The first-order valence-electron chi connectivity index (χ1n) is 5.11. The number of carbonyl (C=O) groups is 1. The van der Waals surface area contributed by atoms with Crippen molar-refractivity contribution in [2.75, 3.05) is 13.2 Å². The van der Waals surface area contributed by atoms with E-state index < -0.39 is 0 Å². The predicted molar refractivity (Wildman–Crippen MR) is 61.2 cm³/mol. The summed E-state index contributed by atoms with van der Waals surface area (Å²) in [6, 6.07) is 10.1. The molecule has 1 aromatic carbocycles. The second-order valence-corrected chi connectivity index (χ2v) is 3.35. The summed E-state index contributed by atoms with van der Waals surface area (Å²) in [5.74, 6) is 0.444. The molecule has 3 nitrogen and oxygen atoms in total. The molecule has 85 valence electrons. The maximum Gasteiger partial charge on any atom is 0.333 e. The molecule has 3 heteroatoms. The van der Waals surface area contributed by atoms with Crippen LogP contribution in [0.4, 0.5) is 0 Å². The third-order valence-corrected chi connectivity index (χ3v) is 1.83. The summed E-state index contributed by atoms with van der Waals surface area (Å²) < 4.78 is 10.3. The number of ether oxygens (including phenoxy) is 2. The molecular weight excluding hydrogens is 204 g/mol. The van der Waals surface area contributed by atoms with Crippen LogP contribution in [0.3, 0.4) is 0 Å². The lowest BCUT2D eigenvalue weighted by molar-refractivity contribution is -0.139. The van der Waals surface area contributed by atoms with Crippen LogP contribution in [0, 0.1) is 6.07 Å². The van der Waals surface area contributed by atoms with Crippen molar-refractivity contribution in [3.63, 3.8) is 0 Å². The molecule has 0 saturated carbocycles. The van der Waals surface area contributed by atoms with E-state index in [1.54, 1.807) is 19.1 Å². The molecule has 0 atom stereocenters. The molecule has 1 aromatic rings. The quantitative estimate of drug-likeness (QED) is 0.418.